The van der Waals surface area contributed by atoms with E-state index in [1.54, 1.807) is 12.1 Å². The molecule has 2 rings (SSSR count). The molecule has 10 nitrogen and oxygen atoms in total. The quantitative estimate of drug-likeness (QED) is 0.324. The van der Waals surface area contributed by atoms with Crippen LogP contribution in [-0.4, -0.2) is 62.8 Å². The highest BCUT2D eigenvalue weighted by Gasteiger charge is 2.37. The number of nitrogens with zero attached hydrogens (tertiary/aromatic N) is 4. The third kappa shape index (κ3) is 5.20. The Morgan fingerprint density at radius 2 is 2.38 bits per heavy atom. The lowest BCUT2D eigenvalue weighted by molar-refractivity contribution is -0.159. The molecular formula is C16H24N6O4. The lowest BCUT2D eigenvalue weighted by Crippen LogP contribution is -2.51. The molecule has 3 amide bonds. The number of carbonyl (C=O) groups excluding carboxylic acids is 3. The van der Waals surface area contributed by atoms with Crippen LogP contribution >= 0.6 is 0 Å². The average molecular weight is 364 g/mol. The number of hydroxylamine groups is 2. The number of nitrogens with one attached hydrogen (secondary N) is 2. The smallest absolute Gasteiger partial charge is 0.250 e. The first-order valence-electron chi connectivity index (χ1n) is 8.62. The second-order valence-corrected chi connectivity index (χ2v) is 6.09. The molecule has 1 aromatic heterocycles. The van der Waals surface area contributed by atoms with Crippen LogP contribution in [0.5, 0.6) is 0 Å². The van der Waals surface area contributed by atoms with E-state index in [-0.39, 0.29) is 24.8 Å². The zero-order chi connectivity index (χ0) is 18.9. The summed E-state index contributed by atoms with van der Waals surface area (Å²) in [5.41, 5.74) is 2.92. The minimum atomic E-state index is -0.697. The Hall–Kier alpha value is -2.59. The van der Waals surface area contributed by atoms with E-state index in [1.807, 2.05) is 6.92 Å². The molecule has 2 atom stereocenters. The van der Waals surface area contributed by atoms with Gasteiger partial charge >= 0.3 is 0 Å². The van der Waals surface area contributed by atoms with Crippen molar-refractivity contribution in [3.63, 3.8) is 0 Å². The highest BCUT2D eigenvalue weighted by Crippen LogP contribution is 2.19. The van der Waals surface area contributed by atoms with Gasteiger partial charge in [-0.3, -0.25) is 24.6 Å². The Bertz CT molecular complexity index is 614. The van der Waals surface area contributed by atoms with Gasteiger partial charge in [-0.25, -0.2) is 10.5 Å². The summed E-state index contributed by atoms with van der Waals surface area (Å²) < 4.78 is 0. The Balaban J connectivity index is 2.06. The maximum Gasteiger partial charge on any atom is 0.250 e. The van der Waals surface area contributed by atoms with Gasteiger partial charge in [0.25, 0.3) is 0 Å². The van der Waals surface area contributed by atoms with Crippen molar-refractivity contribution in [2.24, 2.45) is 5.92 Å². The molecule has 0 bridgehead atoms. The summed E-state index contributed by atoms with van der Waals surface area (Å²) in [4.78, 5) is 36.1. The van der Waals surface area contributed by atoms with Crippen molar-refractivity contribution >= 4 is 24.0 Å². The van der Waals surface area contributed by atoms with Gasteiger partial charge in [0.2, 0.25) is 18.2 Å². The van der Waals surface area contributed by atoms with E-state index >= 15 is 0 Å². The van der Waals surface area contributed by atoms with Crippen LogP contribution in [0.4, 0.5) is 5.82 Å². The number of hydrogen-bond acceptors (Lipinski definition) is 7. The molecule has 0 aliphatic carbocycles. The summed E-state index contributed by atoms with van der Waals surface area (Å²) in [5.74, 6) is -0.977. The summed E-state index contributed by atoms with van der Waals surface area (Å²) in [7, 11) is 0. The lowest BCUT2D eigenvalue weighted by Gasteiger charge is -2.28. The zero-order valence-electron chi connectivity index (χ0n) is 14.7. The molecule has 1 aliphatic heterocycles. The van der Waals surface area contributed by atoms with Gasteiger partial charge in [-0.2, -0.15) is 5.10 Å². The monoisotopic (exact) mass is 364 g/mol. The van der Waals surface area contributed by atoms with Crippen molar-refractivity contribution in [2.75, 3.05) is 18.4 Å². The van der Waals surface area contributed by atoms with E-state index in [9.17, 15) is 19.6 Å². The van der Waals surface area contributed by atoms with Crippen LogP contribution < -0.4 is 10.7 Å². The molecule has 1 saturated heterocycles. The van der Waals surface area contributed by atoms with Gasteiger partial charge in [0.15, 0.2) is 5.82 Å². The van der Waals surface area contributed by atoms with Crippen LogP contribution in [0.25, 0.3) is 0 Å². The van der Waals surface area contributed by atoms with Gasteiger partial charge < -0.3 is 5.32 Å². The molecule has 3 N–H and O–H groups in total. The number of aromatic nitrogens is 2. The molecule has 0 radical (unpaired) electrons. The van der Waals surface area contributed by atoms with E-state index in [0.29, 0.717) is 30.3 Å². The van der Waals surface area contributed by atoms with Crippen molar-refractivity contribution in [1.29, 1.82) is 0 Å². The Labute approximate surface area is 151 Å². The highest BCUT2D eigenvalue weighted by atomic mass is 16.5. The fourth-order valence-corrected chi connectivity index (χ4v) is 2.83. The standard InChI is InChI=1S/C16H24N6O4/c1-2-3-5-12(10-21(26)11-23)16(25)22-13(7-9-18-22)15(24)19-14-6-4-8-17-20-14/h4,6,8,11-13,18,26H,2-3,5,7,9-10H2,1H3,(H,19,20,24)/t12-,13+/m1/s1. The molecule has 1 aromatic rings. The van der Waals surface area contributed by atoms with Crippen LogP contribution in [0.15, 0.2) is 18.3 Å². The third-order valence-corrected chi connectivity index (χ3v) is 4.16. The zero-order valence-corrected chi connectivity index (χ0v) is 14.7. The Morgan fingerprint density at radius 3 is 3.04 bits per heavy atom. The molecule has 1 aliphatic rings. The number of rotatable bonds is 9. The van der Waals surface area contributed by atoms with Crippen molar-refractivity contribution in [3.05, 3.63) is 18.3 Å². The van der Waals surface area contributed by atoms with E-state index in [4.69, 9.17) is 0 Å². The first kappa shape index (κ1) is 19.7. The summed E-state index contributed by atoms with van der Waals surface area (Å²) in [6, 6.07) is 2.56. The van der Waals surface area contributed by atoms with Gasteiger partial charge in [0, 0.05) is 12.7 Å². The molecule has 142 valence electrons. The average Bonchev–Trinajstić information content (AvgIpc) is 3.15. The van der Waals surface area contributed by atoms with Gasteiger partial charge in [-0.1, -0.05) is 19.8 Å². The summed E-state index contributed by atoms with van der Waals surface area (Å²) in [6.45, 7) is 2.35. The van der Waals surface area contributed by atoms with Crippen LogP contribution in [0.2, 0.25) is 0 Å². The van der Waals surface area contributed by atoms with Crippen LogP contribution in [0.3, 0.4) is 0 Å². The van der Waals surface area contributed by atoms with Gasteiger partial charge in [-0.05, 0) is 25.0 Å². The number of carbonyl (C=O) groups is 3. The van der Waals surface area contributed by atoms with E-state index in [2.05, 4.69) is 20.9 Å². The molecule has 0 spiro atoms. The normalized spacial score (nSPS) is 17.6. The summed E-state index contributed by atoms with van der Waals surface area (Å²) in [5, 5.41) is 21.4. The number of unbranched alkanes of at least 4 members (excludes halogenated alkanes) is 1. The minimum Gasteiger partial charge on any atom is -0.307 e. The van der Waals surface area contributed by atoms with Gasteiger partial charge in [0.1, 0.15) is 6.04 Å². The summed E-state index contributed by atoms with van der Waals surface area (Å²) >= 11 is 0. The lowest BCUT2D eigenvalue weighted by atomic mass is 10.00. The minimum absolute atomic E-state index is 0.112. The van der Waals surface area contributed by atoms with Crippen LogP contribution in [0, 0.1) is 5.92 Å². The maximum atomic E-state index is 12.9. The van der Waals surface area contributed by atoms with Gasteiger partial charge in [-0.15, -0.1) is 5.10 Å². The number of hydrazine groups is 1. The largest absolute Gasteiger partial charge is 0.307 e. The Morgan fingerprint density at radius 1 is 1.58 bits per heavy atom. The number of anilines is 1. The molecule has 2 heterocycles. The molecule has 0 aromatic carbocycles. The van der Waals surface area contributed by atoms with Crippen molar-refractivity contribution in [2.45, 2.75) is 38.6 Å². The predicted octanol–water partition coefficient (Wildman–Crippen LogP) is 0.175. The third-order valence-electron chi connectivity index (χ3n) is 4.16. The molecule has 26 heavy (non-hydrogen) atoms. The first-order valence-corrected chi connectivity index (χ1v) is 8.62. The van der Waals surface area contributed by atoms with Crippen LogP contribution in [-0.2, 0) is 14.4 Å². The maximum absolute atomic E-state index is 12.9. The number of amides is 3. The number of hydrogen-bond donors (Lipinski definition) is 3. The van der Waals surface area contributed by atoms with E-state index in [1.165, 1.54) is 11.2 Å². The highest BCUT2D eigenvalue weighted by molar-refractivity contribution is 5.97. The van der Waals surface area contributed by atoms with Crippen molar-refractivity contribution in [1.82, 2.24) is 25.7 Å². The molecule has 1 fully saturated rings. The Kier molecular flexibility index (Phi) is 7.42. The van der Waals surface area contributed by atoms with Crippen molar-refractivity contribution in [3.8, 4) is 0 Å². The topological polar surface area (TPSA) is 128 Å². The van der Waals surface area contributed by atoms with Gasteiger partial charge in [0.05, 0.1) is 12.5 Å². The SMILES string of the molecule is CCCC[C@H](CN(O)C=O)C(=O)N1NCC[C@H]1C(=O)Nc1cccnn1. The van der Waals surface area contributed by atoms with E-state index in [0.717, 1.165) is 12.8 Å². The fourth-order valence-electron chi connectivity index (χ4n) is 2.83. The van der Waals surface area contributed by atoms with Crippen LogP contribution in [0.1, 0.15) is 32.6 Å². The molecule has 10 heteroatoms. The van der Waals surface area contributed by atoms with Crippen molar-refractivity contribution < 1.29 is 19.6 Å². The molecule has 0 saturated carbocycles. The second kappa shape index (κ2) is 9.78. The predicted molar refractivity (Wildman–Crippen MR) is 91.5 cm³/mol. The fraction of sp³-hybridized carbons (Fsp3) is 0.562. The first-order chi connectivity index (χ1) is 12.6. The second-order valence-electron chi connectivity index (χ2n) is 6.09. The summed E-state index contributed by atoms with van der Waals surface area (Å²) in [6.07, 6.45) is 4.37. The molecular weight excluding hydrogens is 340 g/mol. The molecule has 0 unspecified atom stereocenters. The van der Waals surface area contributed by atoms with E-state index < -0.39 is 12.0 Å².